The zero-order chi connectivity index (χ0) is 23.2. The van der Waals surface area contributed by atoms with Gasteiger partial charge >= 0.3 is 0 Å². The minimum absolute atomic E-state index is 0.0603. The average Bonchev–Trinajstić information content (AvgIpc) is 3.35. The number of thioether (sulfide) groups is 2. The number of nitrogens with zero attached hydrogens (tertiary/aromatic N) is 4. The van der Waals surface area contributed by atoms with E-state index in [1.807, 2.05) is 80.7 Å². The van der Waals surface area contributed by atoms with Crippen molar-refractivity contribution in [1.82, 2.24) is 4.98 Å². The Labute approximate surface area is 206 Å². The van der Waals surface area contributed by atoms with E-state index >= 15 is 0 Å². The average molecular weight is 481 g/mol. The second-order valence-corrected chi connectivity index (χ2v) is 10.1. The fraction of sp³-hybridized carbons (Fsp3) is 0.0741. The molecule has 0 saturated carbocycles. The fourth-order valence-electron chi connectivity index (χ4n) is 4.16. The molecular weight excluding hydrogens is 460 g/mol. The van der Waals surface area contributed by atoms with Gasteiger partial charge in [0.1, 0.15) is 4.91 Å². The van der Waals surface area contributed by atoms with Crippen LogP contribution in [0.15, 0.2) is 105 Å². The van der Waals surface area contributed by atoms with Gasteiger partial charge in [-0.25, -0.2) is 4.99 Å². The Bertz CT molecular complexity index is 1520. The number of amides is 1. The molecule has 6 rings (SSSR count). The van der Waals surface area contributed by atoms with Gasteiger partial charge in [0.2, 0.25) is 0 Å². The number of para-hydroxylation sites is 1. The molecule has 3 aromatic carbocycles. The van der Waals surface area contributed by atoms with Crippen LogP contribution in [0, 0.1) is 6.92 Å². The molecular formula is C27H20N4OS2. The zero-order valence-electron chi connectivity index (χ0n) is 18.6. The molecule has 2 aliphatic rings. The molecule has 0 aliphatic carbocycles. The van der Waals surface area contributed by atoms with Crippen molar-refractivity contribution in [3.05, 3.63) is 101 Å². The Morgan fingerprint density at radius 1 is 0.912 bits per heavy atom. The molecule has 166 valence electrons. The smallest absolute Gasteiger partial charge is 0.274 e. The molecule has 1 aromatic heterocycles. The van der Waals surface area contributed by atoms with Gasteiger partial charge in [-0.05, 0) is 72.8 Å². The second kappa shape index (κ2) is 8.34. The van der Waals surface area contributed by atoms with Crippen LogP contribution in [0.5, 0.6) is 0 Å². The first-order valence-electron chi connectivity index (χ1n) is 10.9. The first kappa shape index (κ1) is 21.0. The second-order valence-electron chi connectivity index (χ2n) is 8.09. The van der Waals surface area contributed by atoms with Crippen LogP contribution in [0.3, 0.4) is 0 Å². The summed E-state index contributed by atoms with van der Waals surface area (Å²) in [7, 11) is 2.01. The summed E-state index contributed by atoms with van der Waals surface area (Å²) in [6, 6.07) is 26.0. The molecule has 1 amide bonds. The van der Waals surface area contributed by atoms with Crippen molar-refractivity contribution in [2.45, 2.75) is 11.8 Å². The molecule has 34 heavy (non-hydrogen) atoms. The van der Waals surface area contributed by atoms with Crippen LogP contribution >= 0.6 is 23.5 Å². The number of benzene rings is 3. The number of aromatic nitrogens is 1. The van der Waals surface area contributed by atoms with Crippen molar-refractivity contribution in [2.24, 2.45) is 4.99 Å². The van der Waals surface area contributed by atoms with E-state index < -0.39 is 0 Å². The maximum atomic E-state index is 13.9. The highest BCUT2D eigenvalue weighted by atomic mass is 32.2. The third kappa shape index (κ3) is 3.48. The van der Waals surface area contributed by atoms with Crippen LogP contribution < -0.4 is 9.80 Å². The van der Waals surface area contributed by atoms with Crippen LogP contribution in [0.2, 0.25) is 0 Å². The van der Waals surface area contributed by atoms with Gasteiger partial charge < -0.3 is 4.90 Å². The summed E-state index contributed by atoms with van der Waals surface area (Å²) in [5.74, 6) is -0.0603. The molecule has 2 aliphatic heterocycles. The van der Waals surface area contributed by atoms with Gasteiger partial charge in [-0.1, -0.05) is 42.1 Å². The lowest BCUT2D eigenvalue weighted by Gasteiger charge is -2.17. The number of hydrogen-bond donors (Lipinski definition) is 0. The maximum absolute atomic E-state index is 13.9. The first-order chi connectivity index (χ1) is 16.6. The van der Waals surface area contributed by atoms with E-state index in [4.69, 9.17) is 4.99 Å². The van der Waals surface area contributed by atoms with Crippen LogP contribution in [-0.4, -0.2) is 23.1 Å². The number of aryl methyl sites for hydroxylation is 1. The van der Waals surface area contributed by atoms with E-state index in [-0.39, 0.29) is 5.91 Å². The van der Waals surface area contributed by atoms with Gasteiger partial charge in [-0.15, -0.1) is 0 Å². The standard InChI is InChI=1S/C27H20N4OS2/c1-17-8-5-9-18(16-17)31-25(32)24(26-30(2)22-13-3-4-14-23(22)33-26)34-27(31)29-21-12-6-11-20-19(21)10-7-15-28-20/h3-16H,1-2H3. The number of carbonyl (C=O) groups is 1. The molecule has 1 saturated heterocycles. The lowest BCUT2D eigenvalue weighted by atomic mass is 10.2. The number of anilines is 2. The number of carbonyl (C=O) groups excluding carboxylic acids is 1. The molecule has 1 fully saturated rings. The topological polar surface area (TPSA) is 48.8 Å². The van der Waals surface area contributed by atoms with E-state index in [1.165, 1.54) is 11.8 Å². The van der Waals surface area contributed by atoms with Crippen LogP contribution in [0.1, 0.15) is 5.56 Å². The number of rotatable bonds is 2. The van der Waals surface area contributed by atoms with Gasteiger partial charge in [0.05, 0.1) is 27.6 Å². The molecule has 0 spiro atoms. The Morgan fingerprint density at radius 2 is 1.76 bits per heavy atom. The number of amidine groups is 1. The monoisotopic (exact) mass is 480 g/mol. The summed E-state index contributed by atoms with van der Waals surface area (Å²) in [6.07, 6.45) is 1.78. The molecule has 7 heteroatoms. The van der Waals surface area contributed by atoms with Crippen molar-refractivity contribution < 1.29 is 4.79 Å². The van der Waals surface area contributed by atoms with E-state index in [9.17, 15) is 4.79 Å². The SMILES string of the molecule is Cc1cccc(N2C(=O)C(=C3Sc4ccccc4N3C)SC2=Nc2cccc3ncccc23)c1. The normalized spacial score (nSPS) is 18.9. The Kier molecular flexibility index (Phi) is 5.16. The minimum atomic E-state index is -0.0603. The molecule has 0 unspecified atom stereocenters. The Morgan fingerprint density at radius 3 is 2.62 bits per heavy atom. The highest BCUT2D eigenvalue weighted by Gasteiger charge is 2.40. The third-order valence-corrected chi connectivity index (χ3v) is 8.21. The molecule has 4 aromatic rings. The van der Waals surface area contributed by atoms with E-state index in [2.05, 4.69) is 22.0 Å². The molecule has 0 radical (unpaired) electrons. The van der Waals surface area contributed by atoms with Gasteiger partial charge in [-0.3, -0.25) is 14.7 Å². The third-order valence-electron chi connectivity index (χ3n) is 5.81. The summed E-state index contributed by atoms with van der Waals surface area (Å²) in [6.45, 7) is 2.03. The van der Waals surface area contributed by atoms with Crippen molar-refractivity contribution in [3.8, 4) is 0 Å². The maximum Gasteiger partial charge on any atom is 0.274 e. The predicted molar refractivity (Wildman–Crippen MR) is 143 cm³/mol. The zero-order valence-corrected chi connectivity index (χ0v) is 20.2. The first-order valence-corrected chi connectivity index (χ1v) is 12.5. The Hall–Kier alpha value is -3.55. The fourth-order valence-corrected chi connectivity index (χ4v) is 6.50. The highest BCUT2D eigenvalue weighted by Crippen LogP contribution is 2.50. The number of hydrogen-bond acceptors (Lipinski definition) is 6. The summed E-state index contributed by atoms with van der Waals surface area (Å²) in [5, 5.41) is 2.52. The highest BCUT2D eigenvalue weighted by molar-refractivity contribution is 8.20. The van der Waals surface area contributed by atoms with E-state index in [0.29, 0.717) is 10.1 Å². The van der Waals surface area contributed by atoms with Crippen molar-refractivity contribution in [2.75, 3.05) is 16.8 Å². The lowest BCUT2D eigenvalue weighted by Crippen LogP contribution is -2.29. The summed E-state index contributed by atoms with van der Waals surface area (Å²) >= 11 is 3.05. The van der Waals surface area contributed by atoms with E-state index in [0.717, 1.165) is 43.5 Å². The molecule has 3 heterocycles. The van der Waals surface area contributed by atoms with Gasteiger partial charge in [0.25, 0.3) is 5.91 Å². The van der Waals surface area contributed by atoms with Gasteiger partial charge in [-0.2, -0.15) is 0 Å². The van der Waals surface area contributed by atoms with Crippen molar-refractivity contribution in [1.29, 1.82) is 0 Å². The van der Waals surface area contributed by atoms with E-state index in [1.54, 1.807) is 22.9 Å². The van der Waals surface area contributed by atoms with Crippen molar-refractivity contribution >= 4 is 62.6 Å². The van der Waals surface area contributed by atoms with Gasteiger partial charge in [0, 0.05) is 23.5 Å². The van der Waals surface area contributed by atoms with Crippen LogP contribution in [0.25, 0.3) is 10.9 Å². The predicted octanol–water partition coefficient (Wildman–Crippen LogP) is 6.72. The number of pyridine rings is 1. The van der Waals surface area contributed by atoms with Crippen molar-refractivity contribution in [3.63, 3.8) is 0 Å². The molecule has 5 nitrogen and oxygen atoms in total. The lowest BCUT2D eigenvalue weighted by molar-refractivity contribution is -0.113. The summed E-state index contributed by atoms with van der Waals surface area (Å²) in [4.78, 5) is 29.0. The summed E-state index contributed by atoms with van der Waals surface area (Å²) in [5.41, 5.74) is 4.68. The number of fused-ring (bicyclic) bond motifs is 2. The Balaban J connectivity index is 1.51. The van der Waals surface area contributed by atoms with Gasteiger partial charge in [0.15, 0.2) is 5.17 Å². The molecule has 0 atom stereocenters. The van der Waals surface area contributed by atoms with Crippen LogP contribution in [0.4, 0.5) is 17.1 Å². The molecule has 0 bridgehead atoms. The largest absolute Gasteiger partial charge is 0.337 e. The summed E-state index contributed by atoms with van der Waals surface area (Å²) < 4.78 is 0. The van der Waals surface area contributed by atoms with Crippen LogP contribution in [-0.2, 0) is 4.79 Å². The number of aliphatic imine (C=N–C) groups is 1. The quantitative estimate of drug-likeness (QED) is 0.298. The minimum Gasteiger partial charge on any atom is -0.337 e. The molecule has 0 N–H and O–H groups in total.